The van der Waals surface area contributed by atoms with Crippen molar-refractivity contribution >= 4 is 65.5 Å². The number of aromatic amines is 1. The number of aromatic nitrogens is 1. The number of fused-ring (bicyclic) bond motifs is 1. The summed E-state index contributed by atoms with van der Waals surface area (Å²) < 4.78 is 0. The van der Waals surface area contributed by atoms with Crippen LogP contribution in [0.15, 0.2) is 30.5 Å². The van der Waals surface area contributed by atoms with Gasteiger partial charge in [-0.2, -0.15) is 0 Å². The van der Waals surface area contributed by atoms with Crippen LogP contribution in [0.5, 0.6) is 0 Å². The molecular weight excluding hydrogens is 435 g/mol. The Labute approximate surface area is 151 Å². The average molecular weight is 453 g/mol. The molecule has 0 fully saturated rings. The lowest BCUT2D eigenvalue weighted by atomic mass is 10.1. The number of hydrogen-bond donors (Lipinski definition) is 2. The lowest BCUT2D eigenvalue weighted by molar-refractivity contribution is -0.120. The number of carbonyl (C=O) groups excluding carboxylic acids is 2. The number of amides is 1. The van der Waals surface area contributed by atoms with Gasteiger partial charge in [0.25, 0.3) is 0 Å². The highest BCUT2D eigenvalue weighted by Crippen LogP contribution is 2.16. The van der Waals surface area contributed by atoms with E-state index in [-0.39, 0.29) is 20.8 Å². The molecule has 1 amide bonds. The first-order valence-corrected chi connectivity index (χ1v) is 8.84. The van der Waals surface area contributed by atoms with Gasteiger partial charge in [0, 0.05) is 12.7 Å². The fraction of sp³-hybridized carbons (Fsp3) is 0.333. The van der Waals surface area contributed by atoms with Crippen LogP contribution in [-0.2, 0) is 16.1 Å². The van der Waals surface area contributed by atoms with Crippen LogP contribution in [0.1, 0.15) is 19.4 Å². The van der Waals surface area contributed by atoms with Crippen molar-refractivity contribution in [2.45, 2.75) is 30.0 Å². The summed E-state index contributed by atoms with van der Waals surface area (Å²) >= 11 is 11.1. The molecular formula is C15H17Br2ClN2O2. The van der Waals surface area contributed by atoms with Crippen LogP contribution in [0.2, 0.25) is 0 Å². The van der Waals surface area contributed by atoms with E-state index in [0.29, 0.717) is 6.54 Å². The highest BCUT2D eigenvalue weighted by Gasteiger charge is 2.08. The first kappa shape index (κ1) is 19.2. The summed E-state index contributed by atoms with van der Waals surface area (Å²) in [7, 11) is 0. The van der Waals surface area contributed by atoms with E-state index in [2.05, 4.69) is 42.2 Å². The Morgan fingerprint density at radius 3 is 2.41 bits per heavy atom. The van der Waals surface area contributed by atoms with Gasteiger partial charge in [-0.15, -0.1) is 0 Å². The third kappa shape index (κ3) is 6.10. The Balaban J connectivity index is 0.000000346. The minimum absolute atomic E-state index is 0.00330. The van der Waals surface area contributed by atoms with Gasteiger partial charge in [-0.1, -0.05) is 50.1 Å². The molecule has 0 spiro atoms. The second-order valence-electron chi connectivity index (χ2n) is 4.61. The van der Waals surface area contributed by atoms with E-state index >= 15 is 0 Å². The van der Waals surface area contributed by atoms with Crippen LogP contribution in [-0.4, -0.2) is 25.8 Å². The van der Waals surface area contributed by atoms with E-state index in [4.69, 9.17) is 11.6 Å². The van der Waals surface area contributed by atoms with Crippen molar-refractivity contribution in [2.24, 2.45) is 0 Å². The van der Waals surface area contributed by atoms with Crippen molar-refractivity contribution < 1.29 is 9.59 Å². The quantitative estimate of drug-likeness (QED) is 0.542. The third-order valence-electron chi connectivity index (χ3n) is 2.80. The summed E-state index contributed by atoms with van der Waals surface area (Å²) in [5.74, 6) is 0.00330. The molecule has 0 radical (unpaired) electrons. The molecule has 0 bridgehead atoms. The first-order chi connectivity index (χ1) is 10.3. The van der Waals surface area contributed by atoms with Crippen LogP contribution in [0.3, 0.4) is 0 Å². The molecule has 0 saturated heterocycles. The third-order valence-corrected chi connectivity index (χ3v) is 4.22. The van der Waals surface area contributed by atoms with Gasteiger partial charge >= 0.3 is 0 Å². The molecule has 0 aliphatic carbocycles. The van der Waals surface area contributed by atoms with E-state index in [1.807, 2.05) is 37.4 Å². The number of hydrogen-bond acceptors (Lipinski definition) is 2. The maximum Gasteiger partial charge on any atom is 0.235 e. The molecule has 2 unspecified atom stereocenters. The Bertz CT molecular complexity index is 641. The smallest absolute Gasteiger partial charge is 0.235 e. The number of para-hydroxylation sites is 1. The summed E-state index contributed by atoms with van der Waals surface area (Å²) in [6.45, 7) is 4.03. The molecule has 0 aliphatic rings. The zero-order valence-corrected chi connectivity index (χ0v) is 16.1. The zero-order valence-electron chi connectivity index (χ0n) is 12.2. The van der Waals surface area contributed by atoms with Crippen molar-refractivity contribution in [3.05, 3.63) is 36.0 Å². The second kappa shape index (κ2) is 9.33. The SMILES string of the molecule is CC(Br)C(=O)Cl.CC(Br)C(=O)NCc1cccc2cc[nH]c12. The van der Waals surface area contributed by atoms with Gasteiger partial charge in [-0.25, -0.2) is 0 Å². The minimum Gasteiger partial charge on any atom is -0.361 e. The number of alkyl halides is 2. The zero-order chi connectivity index (χ0) is 16.7. The minimum atomic E-state index is -0.352. The monoisotopic (exact) mass is 450 g/mol. The van der Waals surface area contributed by atoms with Crippen molar-refractivity contribution in [3.63, 3.8) is 0 Å². The molecule has 2 atom stereocenters. The van der Waals surface area contributed by atoms with Gasteiger partial charge in [0.1, 0.15) is 0 Å². The van der Waals surface area contributed by atoms with E-state index in [0.717, 1.165) is 11.1 Å². The topological polar surface area (TPSA) is 62.0 Å². The number of benzene rings is 1. The highest BCUT2D eigenvalue weighted by atomic mass is 79.9. The molecule has 1 aromatic carbocycles. The molecule has 1 aromatic heterocycles. The summed E-state index contributed by atoms with van der Waals surface area (Å²) in [5.41, 5.74) is 2.19. The van der Waals surface area contributed by atoms with Crippen LogP contribution >= 0.6 is 43.5 Å². The summed E-state index contributed by atoms with van der Waals surface area (Å²) in [4.78, 5) is 24.1. The highest BCUT2D eigenvalue weighted by molar-refractivity contribution is 9.10. The predicted molar refractivity (Wildman–Crippen MR) is 97.8 cm³/mol. The Hall–Kier alpha value is -0.850. The van der Waals surface area contributed by atoms with E-state index in [1.54, 1.807) is 6.92 Å². The van der Waals surface area contributed by atoms with Crippen LogP contribution in [0.4, 0.5) is 0 Å². The number of nitrogens with one attached hydrogen (secondary N) is 2. The van der Waals surface area contributed by atoms with Crippen molar-refractivity contribution in [1.82, 2.24) is 10.3 Å². The molecule has 0 saturated carbocycles. The average Bonchev–Trinajstić information content (AvgIpc) is 2.94. The van der Waals surface area contributed by atoms with Crippen LogP contribution < -0.4 is 5.32 Å². The van der Waals surface area contributed by atoms with E-state index in [9.17, 15) is 9.59 Å². The lowest BCUT2D eigenvalue weighted by Crippen LogP contribution is -2.28. The Morgan fingerprint density at radius 1 is 1.23 bits per heavy atom. The fourth-order valence-electron chi connectivity index (χ4n) is 1.62. The first-order valence-electron chi connectivity index (χ1n) is 6.63. The predicted octanol–water partition coefficient (Wildman–Crippen LogP) is 4.10. The van der Waals surface area contributed by atoms with Gasteiger partial charge < -0.3 is 10.3 Å². The molecule has 2 rings (SSSR count). The molecule has 1 heterocycles. The summed E-state index contributed by atoms with van der Waals surface area (Å²) in [6.07, 6.45) is 1.91. The van der Waals surface area contributed by atoms with Gasteiger partial charge in [0.05, 0.1) is 15.2 Å². The Morgan fingerprint density at radius 2 is 1.86 bits per heavy atom. The number of carbonyl (C=O) groups is 2. The standard InChI is InChI=1S/C12H13BrN2O.C3H4BrClO/c1-8(13)12(16)15-7-10-4-2-3-9-5-6-14-11(9)10;1-2(4)3(5)6/h2-6,8,14H,7H2,1H3,(H,15,16);2H,1H3. The van der Waals surface area contributed by atoms with Crippen molar-refractivity contribution in [1.29, 1.82) is 0 Å². The van der Waals surface area contributed by atoms with E-state index < -0.39 is 0 Å². The number of rotatable bonds is 4. The molecule has 4 nitrogen and oxygen atoms in total. The van der Waals surface area contributed by atoms with Crippen LogP contribution in [0, 0.1) is 0 Å². The van der Waals surface area contributed by atoms with Gasteiger partial charge in [0.15, 0.2) is 0 Å². The molecule has 2 aromatic rings. The van der Waals surface area contributed by atoms with Crippen molar-refractivity contribution in [2.75, 3.05) is 0 Å². The molecule has 120 valence electrons. The normalized spacial score (nSPS) is 13.0. The molecule has 2 N–H and O–H groups in total. The van der Waals surface area contributed by atoms with Gasteiger partial charge in [-0.3, -0.25) is 9.59 Å². The van der Waals surface area contributed by atoms with Gasteiger partial charge in [-0.05, 0) is 42.5 Å². The number of halogens is 3. The molecule has 0 aliphatic heterocycles. The van der Waals surface area contributed by atoms with Gasteiger partial charge in [0.2, 0.25) is 11.1 Å². The lowest BCUT2D eigenvalue weighted by Gasteiger charge is -2.07. The number of H-pyrrole nitrogens is 1. The maximum absolute atomic E-state index is 11.4. The summed E-state index contributed by atoms with van der Waals surface area (Å²) in [5, 5.41) is 3.69. The van der Waals surface area contributed by atoms with E-state index in [1.165, 1.54) is 5.39 Å². The maximum atomic E-state index is 11.4. The Kier molecular flexibility index (Phi) is 8.14. The fourth-order valence-corrected chi connectivity index (χ4v) is 1.78. The summed E-state index contributed by atoms with van der Waals surface area (Å²) in [6, 6.07) is 8.07. The molecule has 22 heavy (non-hydrogen) atoms. The second-order valence-corrected chi connectivity index (χ2v) is 7.73. The molecule has 7 heteroatoms. The largest absolute Gasteiger partial charge is 0.361 e. The van der Waals surface area contributed by atoms with Crippen LogP contribution in [0.25, 0.3) is 10.9 Å². The van der Waals surface area contributed by atoms with Crippen molar-refractivity contribution in [3.8, 4) is 0 Å².